The molecule has 3 saturated carbocycles. The number of nitriles is 1. The van der Waals surface area contributed by atoms with Crippen molar-refractivity contribution in [3.05, 3.63) is 48.0 Å². The Hall–Kier alpha value is -3.99. The predicted octanol–water partition coefficient (Wildman–Crippen LogP) is 7.67. The Bertz CT molecular complexity index is 1440. The summed E-state index contributed by atoms with van der Waals surface area (Å²) in [5.41, 5.74) is 3.86. The molecule has 6 rings (SSSR count). The second-order valence-electron chi connectivity index (χ2n) is 11.5. The molecule has 3 aliphatic rings. The summed E-state index contributed by atoms with van der Waals surface area (Å²) in [5.74, 6) is 0.941. The van der Waals surface area contributed by atoms with E-state index in [-0.39, 0.29) is 18.2 Å². The number of fused-ring (bicyclic) bond motifs is 1. The van der Waals surface area contributed by atoms with E-state index >= 15 is 0 Å². The second-order valence-corrected chi connectivity index (χ2v) is 11.5. The van der Waals surface area contributed by atoms with Crippen molar-refractivity contribution in [2.24, 2.45) is 5.92 Å². The largest absolute Gasteiger partial charge is 0.446 e. The first-order valence-corrected chi connectivity index (χ1v) is 14.6. The third-order valence-electron chi connectivity index (χ3n) is 8.65. The van der Waals surface area contributed by atoms with Gasteiger partial charge in [-0.05, 0) is 87.6 Å². The van der Waals surface area contributed by atoms with E-state index in [1.807, 2.05) is 43.3 Å². The van der Waals surface area contributed by atoms with Crippen LogP contribution in [0.15, 0.2) is 42.5 Å². The van der Waals surface area contributed by atoms with E-state index in [4.69, 9.17) is 9.47 Å². The Morgan fingerprint density at radius 3 is 2.35 bits per heavy atom. The van der Waals surface area contributed by atoms with Crippen LogP contribution in [-0.4, -0.2) is 28.9 Å². The number of nitrogens with zero attached hydrogens (tertiary/aromatic N) is 2. The van der Waals surface area contributed by atoms with Crippen LogP contribution in [0.4, 0.5) is 15.3 Å². The van der Waals surface area contributed by atoms with Gasteiger partial charge in [-0.15, -0.1) is 0 Å². The molecule has 0 bridgehead atoms. The Morgan fingerprint density at radius 2 is 1.70 bits per heavy atom. The second kappa shape index (κ2) is 11.2. The Labute approximate surface area is 234 Å². The molecule has 2 amide bonds. The molecule has 40 heavy (non-hydrogen) atoms. The summed E-state index contributed by atoms with van der Waals surface area (Å²) in [6.45, 7) is 1.93. The normalized spacial score (nSPS) is 18.4. The van der Waals surface area contributed by atoms with Crippen LogP contribution in [0.3, 0.4) is 0 Å². The molecular formula is C32H36N4O4. The molecule has 1 heterocycles. The van der Waals surface area contributed by atoms with Gasteiger partial charge >= 0.3 is 12.2 Å². The molecule has 0 aliphatic heterocycles. The number of carbonyl (C=O) groups is 2. The third-order valence-corrected chi connectivity index (χ3v) is 8.65. The van der Waals surface area contributed by atoms with Crippen molar-refractivity contribution >= 4 is 28.8 Å². The van der Waals surface area contributed by atoms with E-state index in [2.05, 4.69) is 21.3 Å². The first-order chi connectivity index (χ1) is 19.5. The summed E-state index contributed by atoms with van der Waals surface area (Å²) in [6.07, 6.45) is 9.91. The van der Waals surface area contributed by atoms with Crippen molar-refractivity contribution < 1.29 is 19.1 Å². The number of amides is 2. The number of aromatic nitrogens is 1. The van der Waals surface area contributed by atoms with Crippen LogP contribution in [0.25, 0.3) is 22.2 Å². The van der Waals surface area contributed by atoms with Gasteiger partial charge in [0.25, 0.3) is 0 Å². The minimum absolute atomic E-state index is 0.0807. The lowest BCUT2D eigenvalue weighted by Crippen LogP contribution is -2.37. The number of carbonyl (C=O) groups excluding carboxylic acids is 2. The van der Waals surface area contributed by atoms with Crippen molar-refractivity contribution in [3.63, 3.8) is 0 Å². The number of benzene rings is 2. The maximum absolute atomic E-state index is 12.6. The summed E-state index contributed by atoms with van der Waals surface area (Å²) in [6, 6.07) is 15.9. The monoisotopic (exact) mass is 540 g/mol. The van der Waals surface area contributed by atoms with E-state index in [0.717, 1.165) is 79.9 Å². The molecule has 0 saturated heterocycles. The smallest absolute Gasteiger partial charge is 0.412 e. The quantitative estimate of drug-likeness (QED) is 0.320. The summed E-state index contributed by atoms with van der Waals surface area (Å²) >= 11 is 0. The van der Waals surface area contributed by atoms with Crippen LogP contribution in [0.5, 0.6) is 5.75 Å². The molecule has 2 aromatic carbocycles. The van der Waals surface area contributed by atoms with Gasteiger partial charge in [0.1, 0.15) is 17.9 Å². The van der Waals surface area contributed by atoms with Gasteiger partial charge in [0.2, 0.25) is 0 Å². The van der Waals surface area contributed by atoms with Crippen molar-refractivity contribution in [1.29, 1.82) is 5.26 Å². The average Bonchev–Trinajstić information content (AvgIpc) is 3.73. The van der Waals surface area contributed by atoms with E-state index < -0.39 is 12.2 Å². The molecule has 1 aromatic heterocycles. The molecule has 0 unspecified atom stereocenters. The van der Waals surface area contributed by atoms with Crippen LogP contribution in [0, 0.1) is 17.2 Å². The fourth-order valence-electron chi connectivity index (χ4n) is 6.01. The van der Waals surface area contributed by atoms with Gasteiger partial charge in [-0.2, -0.15) is 5.26 Å². The summed E-state index contributed by atoms with van der Waals surface area (Å²) in [5, 5.41) is 16.9. The number of anilines is 1. The molecule has 2 N–H and O–H groups in total. The van der Waals surface area contributed by atoms with Crippen LogP contribution in [0.2, 0.25) is 0 Å². The van der Waals surface area contributed by atoms with Crippen molar-refractivity contribution in [1.82, 2.24) is 9.88 Å². The standard InChI is InChI=1S/C32H36N4O4/c1-20(21-10-11-21)39-31(37)35-24-14-12-22(13-15-24)30-28(19-33)27-17-16-26(18-29(27)36(30)25-8-5-9-25)40-32(38)34-23-6-3-2-4-7-23/h12-18,20-21,23,25H,2-11H2,1H3,(H,34,38)(H,35,37)/t20-/m1/s1. The first-order valence-electron chi connectivity index (χ1n) is 14.6. The average molecular weight is 541 g/mol. The van der Waals surface area contributed by atoms with Crippen molar-refractivity contribution in [3.8, 4) is 23.1 Å². The summed E-state index contributed by atoms with van der Waals surface area (Å²) in [4.78, 5) is 24.9. The lowest BCUT2D eigenvalue weighted by Gasteiger charge is -2.30. The minimum Gasteiger partial charge on any atom is -0.446 e. The molecule has 3 fully saturated rings. The Balaban J connectivity index is 1.26. The zero-order valence-electron chi connectivity index (χ0n) is 22.9. The summed E-state index contributed by atoms with van der Waals surface area (Å²) < 4.78 is 13.4. The van der Waals surface area contributed by atoms with Crippen LogP contribution in [0.1, 0.15) is 82.7 Å². The molecular weight excluding hydrogens is 504 g/mol. The van der Waals surface area contributed by atoms with Gasteiger partial charge in [-0.1, -0.05) is 31.4 Å². The number of ether oxygens (including phenoxy) is 2. The Kier molecular flexibility index (Phi) is 7.38. The van der Waals surface area contributed by atoms with Gasteiger partial charge in [0, 0.05) is 29.2 Å². The fourth-order valence-corrected chi connectivity index (χ4v) is 6.01. The molecule has 0 radical (unpaired) electrons. The molecule has 8 heteroatoms. The number of rotatable bonds is 7. The summed E-state index contributed by atoms with van der Waals surface area (Å²) in [7, 11) is 0. The lowest BCUT2D eigenvalue weighted by molar-refractivity contribution is 0.108. The predicted molar refractivity (Wildman–Crippen MR) is 153 cm³/mol. The highest BCUT2D eigenvalue weighted by Crippen LogP contribution is 2.43. The number of hydrogen-bond donors (Lipinski definition) is 2. The topological polar surface area (TPSA) is 105 Å². The zero-order valence-corrected chi connectivity index (χ0v) is 22.9. The molecule has 3 aliphatic carbocycles. The molecule has 8 nitrogen and oxygen atoms in total. The molecule has 3 aromatic rings. The Morgan fingerprint density at radius 1 is 0.950 bits per heavy atom. The van der Waals surface area contributed by atoms with Gasteiger partial charge in [0.05, 0.1) is 16.8 Å². The highest BCUT2D eigenvalue weighted by atomic mass is 16.6. The van der Waals surface area contributed by atoms with E-state index in [9.17, 15) is 14.9 Å². The van der Waals surface area contributed by atoms with Crippen LogP contribution < -0.4 is 15.4 Å². The minimum atomic E-state index is -0.450. The fraction of sp³-hybridized carbons (Fsp3) is 0.469. The number of hydrogen-bond acceptors (Lipinski definition) is 5. The van der Waals surface area contributed by atoms with Gasteiger partial charge < -0.3 is 19.4 Å². The van der Waals surface area contributed by atoms with Crippen LogP contribution >= 0.6 is 0 Å². The molecule has 1 atom stereocenters. The third kappa shape index (κ3) is 5.51. The zero-order chi connectivity index (χ0) is 27.6. The molecule has 208 valence electrons. The van der Waals surface area contributed by atoms with Gasteiger partial charge in [-0.25, -0.2) is 9.59 Å². The van der Waals surface area contributed by atoms with E-state index in [1.165, 1.54) is 6.42 Å². The van der Waals surface area contributed by atoms with E-state index in [1.54, 1.807) is 6.07 Å². The molecule has 0 spiro atoms. The SMILES string of the molecule is C[C@@H](OC(=O)Nc1ccc(-c2c(C#N)c3ccc(OC(=O)NC4CCCCC4)cc3n2C2CCC2)cc1)C1CC1. The van der Waals surface area contributed by atoms with E-state index in [0.29, 0.717) is 22.9 Å². The maximum Gasteiger partial charge on any atom is 0.412 e. The van der Waals surface area contributed by atoms with Crippen molar-refractivity contribution in [2.45, 2.75) is 89.3 Å². The first kappa shape index (κ1) is 26.2. The van der Waals surface area contributed by atoms with Crippen molar-refractivity contribution in [2.75, 3.05) is 5.32 Å². The highest BCUT2D eigenvalue weighted by molar-refractivity contribution is 5.96. The lowest BCUT2D eigenvalue weighted by atomic mass is 9.92. The maximum atomic E-state index is 12.6. The highest BCUT2D eigenvalue weighted by Gasteiger charge is 2.31. The van der Waals surface area contributed by atoms with Gasteiger partial charge in [0.15, 0.2) is 0 Å². The van der Waals surface area contributed by atoms with Crippen LogP contribution in [-0.2, 0) is 4.74 Å². The van der Waals surface area contributed by atoms with Gasteiger partial charge in [-0.3, -0.25) is 5.32 Å². The number of nitrogens with one attached hydrogen (secondary N) is 2.